The largest absolute Gasteiger partial charge is 0.373 e. The highest BCUT2D eigenvalue weighted by Crippen LogP contribution is 2.25. The number of hydrogen-bond acceptors (Lipinski definition) is 2. The Morgan fingerprint density at radius 3 is 2.31 bits per heavy atom. The summed E-state index contributed by atoms with van der Waals surface area (Å²) in [5, 5.41) is 0. The molecule has 0 radical (unpaired) electrons. The quantitative estimate of drug-likeness (QED) is 0.674. The van der Waals surface area contributed by atoms with E-state index < -0.39 is 0 Å². The van der Waals surface area contributed by atoms with Crippen LogP contribution in [0.5, 0.6) is 0 Å². The molecule has 0 aromatic carbocycles. The van der Waals surface area contributed by atoms with Gasteiger partial charge in [0.05, 0.1) is 25.4 Å². The molecule has 0 aromatic rings. The van der Waals surface area contributed by atoms with Gasteiger partial charge < -0.3 is 9.47 Å². The van der Waals surface area contributed by atoms with Gasteiger partial charge in [-0.3, -0.25) is 0 Å². The Morgan fingerprint density at radius 2 is 1.77 bits per heavy atom. The van der Waals surface area contributed by atoms with Crippen LogP contribution in [0.1, 0.15) is 34.1 Å². The molecule has 3 atom stereocenters. The van der Waals surface area contributed by atoms with Crippen LogP contribution < -0.4 is 0 Å². The molecule has 78 valence electrons. The second kappa shape index (κ2) is 4.97. The Bertz CT molecular complexity index is 143. The van der Waals surface area contributed by atoms with Crippen molar-refractivity contribution >= 4 is 0 Å². The van der Waals surface area contributed by atoms with E-state index in [4.69, 9.17) is 9.47 Å². The lowest BCUT2D eigenvalue weighted by atomic mass is 9.88. The molecule has 0 saturated carbocycles. The van der Waals surface area contributed by atoms with Crippen LogP contribution in [0, 0.1) is 11.8 Å². The summed E-state index contributed by atoms with van der Waals surface area (Å²) in [7, 11) is 0. The maximum atomic E-state index is 5.78. The molecule has 13 heavy (non-hydrogen) atoms. The summed E-state index contributed by atoms with van der Waals surface area (Å²) in [6.45, 7) is 10.4. The molecule has 1 aliphatic rings. The third-order valence-electron chi connectivity index (χ3n) is 3.06. The first kappa shape index (κ1) is 11.0. The van der Waals surface area contributed by atoms with Crippen molar-refractivity contribution in [1.29, 1.82) is 0 Å². The van der Waals surface area contributed by atoms with E-state index in [2.05, 4.69) is 27.7 Å². The zero-order chi connectivity index (χ0) is 9.84. The Labute approximate surface area is 81.6 Å². The highest BCUT2D eigenvalue weighted by atomic mass is 16.6. The molecule has 3 unspecified atom stereocenters. The second-order valence-electron chi connectivity index (χ2n) is 4.26. The van der Waals surface area contributed by atoms with Crippen LogP contribution in [0.3, 0.4) is 0 Å². The van der Waals surface area contributed by atoms with Crippen LogP contribution in [0.25, 0.3) is 0 Å². The minimum absolute atomic E-state index is 0.304. The van der Waals surface area contributed by atoms with Crippen LogP contribution >= 0.6 is 0 Å². The van der Waals surface area contributed by atoms with Gasteiger partial charge in [-0.05, 0) is 18.3 Å². The molecule has 1 rings (SSSR count). The van der Waals surface area contributed by atoms with Crippen LogP contribution in [-0.4, -0.2) is 25.4 Å². The normalized spacial score (nSPS) is 32.1. The molecule has 0 aliphatic carbocycles. The monoisotopic (exact) mass is 186 g/mol. The molecular weight excluding hydrogens is 164 g/mol. The van der Waals surface area contributed by atoms with Gasteiger partial charge in [0.2, 0.25) is 0 Å². The maximum Gasteiger partial charge on any atom is 0.0865 e. The number of rotatable bonds is 3. The van der Waals surface area contributed by atoms with E-state index >= 15 is 0 Å². The summed E-state index contributed by atoms with van der Waals surface area (Å²) in [6, 6.07) is 0. The molecule has 1 heterocycles. The fraction of sp³-hybridized carbons (Fsp3) is 1.00. The Kier molecular flexibility index (Phi) is 4.20. The fourth-order valence-electron chi connectivity index (χ4n) is 1.81. The highest BCUT2D eigenvalue weighted by molar-refractivity contribution is 4.79. The van der Waals surface area contributed by atoms with Crippen molar-refractivity contribution in [2.45, 2.75) is 46.3 Å². The fourth-order valence-corrected chi connectivity index (χ4v) is 1.81. The van der Waals surface area contributed by atoms with E-state index in [-0.39, 0.29) is 0 Å². The van der Waals surface area contributed by atoms with Crippen LogP contribution in [0.4, 0.5) is 0 Å². The second-order valence-corrected chi connectivity index (χ2v) is 4.26. The zero-order valence-electron chi connectivity index (χ0n) is 9.25. The van der Waals surface area contributed by atoms with E-state index in [9.17, 15) is 0 Å². The lowest BCUT2D eigenvalue weighted by molar-refractivity contribution is -0.162. The summed E-state index contributed by atoms with van der Waals surface area (Å²) in [5.41, 5.74) is 0. The van der Waals surface area contributed by atoms with Crippen molar-refractivity contribution in [3.05, 3.63) is 0 Å². The van der Waals surface area contributed by atoms with Crippen molar-refractivity contribution in [2.24, 2.45) is 11.8 Å². The minimum Gasteiger partial charge on any atom is -0.373 e. The average molecular weight is 186 g/mol. The molecule has 0 bridgehead atoms. The van der Waals surface area contributed by atoms with Crippen molar-refractivity contribution in [1.82, 2.24) is 0 Å². The van der Waals surface area contributed by atoms with E-state index in [1.54, 1.807) is 0 Å². The molecule has 0 aromatic heterocycles. The lowest BCUT2D eigenvalue weighted by Crippen LogP contribution is -2.43. The number of ether oxygens (including phenoxy) is 2. The standard InChI is InChI=1S/C11H22O2/c1-5-10-11(9(4)8(2)3)13-7-6-12-10/h8-11H,5-7H2,1-4H3. The molecule has 0 amide bonds. The molecule has 2 nitrogen and oxygen atoms in total. The van der Waals surface area contributed by atoms with Gasteiger partial charge >= 0.3 is 0 Å². The zero-order valence-corrected chi connectivity index (χ0v) is 9.25. The summed E-state index contributed by atoms with van der Waals surface area (Å²) in [4.78, 5) is 0. The van der Waals surface area contributed by atoms with Crippen LogP contribution in [0.15, 0.2) is 0 Å². The van der Waals surface area contributed by atoms with Crippen LogP contribution in [0.2, 0.25) is 0 Å². The molecular formula is C11H22O2. The molecule has 0 N–H and O–H groups in total. The lowest BCUT2D eigenvalue weighted by Gasteiger charge is -2.36. The Morgan fingerprint density at radius 1 is 1.15 bits per heavy atom. The van der Waals surface area contributed by atoms with E-state index in [0.29, 0.717) is 24.0 Å². The summed E-state index contributed by atoms with van der Waals surface area (Å²) < 4.78 is 11.5. The SMILES string of the molecule is CCC1OCCOC1C(C)C(C)C. The number of hydrogen-bond donors (Lipinski definition) is 0. The van der Waals surface area contributed by atoms with Gasteiger partial charge in [0.25, 0.3) is 0 Å². The predicted molar refractivity (Wildman–Crippen MR) is 53.8 cm³/mol. The maximum absolute atomic E-state index is 5.78. The molecule has 1 saturated heterocycles. The van der Waals surface area contributed by atoms with Gasteiger partial charge in [-0.25, -0.2) is 0 Å². The average Bonchev–Trinajstić information content (AvgIpc) is 2.16. The third kappa shape index (κ3) is 2.68. The summed E-state index contributed by atoms with van der Waals surface area (Å²) in [6.07, 6.45) is 1.67. The van der Waals surface area contributed by atoms with Crippen molar-refractivity contribution < 1.29 is 9.47 Å². The summed E-state index contributed by atoms with van der Waals surface area (Å²) in [5.74, 6) is 1.26. The molecule has 1 fully saturated rings. The molecule has 2 heteroatoms. The smallest absolute Gasteiger partial charge is 0.0865 e. The van der Waals surface area contributed by atoms with Gasteiger partial charge in [-0.1, -0.05) is 27.7 Å². The van der Waals surface area contributed by atoms with Crippen molar-refractivity contribution in [3.63, 3.8) is 0 Å². The Balaban J connectivity index is 2.53. The van der Waals surface area contributed by atoms with E-state index in [0.717, 1.165) is 19.6 Å². The Hall–Kier alpha value is -0.0800. The first-order valence-electron chi connectivity index (χ1n) is 5.40. The minimum atomic E-state index is 0.304. The van der Waals surface area contributed by atoms with Gasteiger partial charge in [0.15, 0.2) is 0 Å². The summed E-state index contributed by atoms with van der Waals surface area (Å²) >= 11 is 0. The van der Waals surface area contributed by atoms with Crippen molar-refractivity contribution in [2.75, 3.05) is 13.2 Å². The van der Waals surface area contributed by atoms with Gasteiger partial charge in [0.1, 0.15) is 0 Å². The van der Waals surface area contributed by atoms with E-state index in [1.807, 2.05) is 0 Å². The highest BCUT2D eigenvalue weighted by Gasteiger charge is 2.31. The van der Waals surface area contributed by atoms with Gasteiger partial charge in [-0.15, -0.1) is 0 Å². The van der Waals surface area contributed by atoms with Crippen molar-refractivity contribution in [3.8, 4) is 0 Å². The predicted octanol–water partition coefficient (Wildman–Crippen LogP) is 2.47. The third-order valence-corrected chi connectivity index (χ3v) is 3.06. The van der Waals surface area contributed by atoms with Crippen LogP contribution in [-0.2, 0) is 9.47 Å². The molecule has 1 aliphatic heterocycles. The first-order chi connectivity index (χ1) is 6.16. The van der Waals surface area contributed by atoms with Gasteiger partial charge in [0, 0.05) is 0 Å². The molecule has 0 spiro atoms. The van der Waals surface area contributed by atoms with Gasteiger partial charge in [-0.2, -0.15) is 0 Å². The topological polar surface area (TPSA) is 18.5 Å². The first-order valence-corrected chi connectivity index (χ1v) is 5.40. The van der Waals surface area contributed by atoms with E-state index in [1.165, 1.54) is 0 Å².